The lowest BCUT2D eigenvalue weighted by Gasteiger charge is -2.08. The third kappa shape index (κ3) is 4.56. The van der Waals surface area contributed by atoms with Crippen molar-refractivity contribution in [3.63, 3.8) is 0 Å². The summed E-state index contributed by atoms with van der Waals surface area (Å²) < 4.78 is 16.9. The molecule has 0 fully saturated rings. The van der Waals surface area contributed by atoms with Gasteiger partial charge in [-0.2, -0.15) is 0 Å². The first-order valence-electron chi connectivity index (χ1n) is 5.30. The number of rotatable bonds is 6. The zero-order valence-electron chi connectivity index (χ0n) is 9.88. The van der Waals surface area contributed by atoms with Gasteiger partial charge in [0.15, 0.2) is 0 Å². The van der Waals surface area contributed by atoms with Crippen molar-refractivity contribution in [1.29, 1.82) is 0 Å². The molecule has 4 nitrogen and oxygen atoms in total. The smallest absolute Gasteiger partial charge is 0.318 e. The van der Waals surface area contributed by atoms with E-state index in [2.05, 4.69) is 0 Å². The number of hydrogen-bond donors (Lipinski definition) is 1. The highest BCUT2D eigenvalue weighted by Gasteiger charge is 2.18. The molecule has 0 saturated carbocycles. The molecule has 0 bridgehead atoms. The zero-order chi connectivity index (χ0) is 12.8. The average Bonchev–Trinajstić information content (AvgIpc) is 2.30. The van der Waals surface area contributed by atoms with Crippen LogP contribution in [0.25, 0.3) is 0 Å². The molecule has 2 atom stereocenters. The summed E-state index contributed by atoms with van der Waals surface area (Å²) in [5, 5.41) is 7.82. The van der Waals surface area contributed by atoms with Gasteiger partial charge < -0.3 is 9.84 Å². The number of carbonyl (C=O) groups is 1. The maximum atomic E-state index is 11.5. The van der Waals surface area contributed by atoms with Crippen LogP contribution in [-0.4, -0.2) is 32.9 Å². The predicted octanol–water partition coefficient (Wildman–Crippen LogP) is 1.60. The maximum absolute atomic E-state index is 11.5. The van der Waals surface area contributed by atoms with Gasteiger partial charge in [-0.1, -0.05) is 17.7 Å². The molecule has 0 aromatic heterocycles. The van der Waals surface area contributed by atoms with Crippen LogP contribution in [0, 0.1) is 6.92 Å². The van der Waals surface area contributed by atoms with Crippen molar-refractivity contribution in [2.75, 3.05) is 12.4 Å². The van der Waals surface area contributed by atoms with E-state index >= 15 is 0 Å². The summed E-state index contributed by atoms with van der Waals surface area (Å²) in [6.07, 6.45) is 0. The molecule has 1 aromatic carbocycles. The standard InChI is InChI=1S/C12H16O4S/c1-9-3-5-11(6-4-9)16-7-8-17(15)10(2)12(13)14/h3-6,10H,7-8H2,1-2H3,(H,13,14). The number of ether oxygens (including phenoxy) is 1. The van der Waals surface area contributed by atoms with Gasteiger partial charge in [0.2, 0.25) is 0 Å². The highest BCUT2D eigenvalue weighted by molar-refractivity contribution is 7.86. The Morgan fingerprint density at radius 3 is 2.53 bits per heavy atom. The molecule has 0 aliphatic carbocycles. The van der Waals surface area contributed by atoms with Crippen molar-refractivity contribution >= 4 is 16.8 Å². The molecule has 0 aliphatic heterocycles. The van der Waals surface area contributed by atoms with Crippen LogP contribution >= 0.6 is 0 Å². The minimum absolute atomic E-state index is 0.224. The molecule has 94 valence electrons. The Balaban J connectivity index is 2.35. The van der Waals surface area contributed by atoms with Crippen LogP contribution in [0.2, 0.25) is 0 Å². The molecule has 1 aromatic rings. The van der Waals surface area contributed by atoms with Crippen molar-refractivity contribution in [1.82, 2.24) is 0 Å². The van der Waals surface area contributed by atoms with E-state index < -0.39 is 22.0 Å². The second-order valence-electron chi connectivity index (χ2n) is 3.73. The summed E-state index contributed by atoms with van der Waals surface area (Å²) in [4.78, 5) is 10.6. The van der Waals surface area contributed by atoms with E-state index in [0.29, 0.717) is 5.75 Å². The number of aliphatic carboxylic acids is 1. The van der Waals surface area contributed by atoms with Gasteiger partial charge in [0.25, 0.3) is 0 Å². The largest absolute Gasteiger partial charge is 0.493 e. The van der Waals surface area contributed by atoms with Crippen molar-refractivity contribution in [3.05, 3.63) is 29.8 Å². The molecule has 5 heteroatoms. The van der Waals surface area contributed by atoms with Gasteiger partial charge in [0.1, 0.15) is 11.0 Å². The van der Waals surface area contributed by atoms with Crippen LogP contribution in [0.5, 0.6) is 5.75 Å². The quantitative estimate of drug-likeness (QED) is 0.839. The molecule has 0 heterocycles. The summed E-state index contributed by atoms with van der Waals surface area (Å²) >= 11 is 0. The molecule has 0 spiro atoms. The van der Waals surface area contributed by atoms with Gasteiger partial charge in [0, 0.05) is 10.8 Å². The van der Waals surface area contributed by atoms with Crippen LogP contribution in [0.3, 0.4) is 0 Å². The van der Waals surface area contributed by atoms with E-state index in [-0.39, 0.29) is 12.4 Å². The zero-order valence-corrected chi connectivity index (χ0v) is 10.7. The number of aryl methyl sites for hydroxylation is 1. The first-order valence-corrected chi connectivity index (χ1v) is 6.68. The van der Waals surface area contributed by atoms with E-state index in [9.17, 15) is 9.00 Å². The minimum Gasteiger partial charge on any atom is -0.493 e. The van der Waals surface area contributed by atoms with Gasteiger partial charge in [-0.05, 0) is 26.0 Å². The van der Waals surface area contributed by atoms with Crippen LogP contribution in [0.15, 0.2) is 24.3 Å². The number of benzene rings is 1. The van der Waals surface area contributed by atoms with Crippen molar-refractivity contribution in [2.45, 2.75) is 19.1 Å². The summed E-state index contributed by atoms with van der Waals surface area (Å²) in [6, 6.07) is 7.51. The van der Waals surface area contributed by atoms with Gasteiger partial charge in [-0.25, -0.2) is 0 Å². The fourth-order valence-corrected chi connectivity index (χ4v) is 1.99. The first-order chi connectivity index (χ1) is 8.00. The molecule has 1 N–H and O–H groups in total. The SMILES string of the molecule is Cc1ccc(OCCS(=O)C(C)C(=O)O)cc1. The Morgan fingerprint density at radius 2 is 2.00 bits per heavy atom. The molecule has 2 unspecified atom stereocenters. The maximum Gasteiger partial charge on any atom is 0.318 e. The van der Waals surface area contributed by atoms with Crippen LogP contribution in [0.1, 0.15) is 12.5 Å². The molecular formula is C12H16O4S. The Kier molecular flexibility index (Phi) is 5.15. The molecular weight excluding hydrogens is 240 g/mol. The highest BCUT2D eigenvalue weighted by atomic mass is 32.2. The Morgan fingerprint density at radius 1 is 1.41 bits per heavy atom. The molecule has 0 amide bonds. The highest BCUT2D eigenvalue weighted by Crippen LogP contribution is 2.11. The van der Waals surface area contributed by atoms with E-state index in [1.54, 1.807) is 0 Å². The third-order valence-electron chi connectivity index (χ3n) is 2.32. The second kappa shape index (κ2) is 6.39. The fourth-order valence-electron chi connectivity index (χ4n) is 1.17. The Hall–Kier alpha value is -1.36. The summed E-state index contributed by atoms with van der Waals surface area (Å²) in [6.45, 7) is 3.67. The lowest BCUT2D eigenvalue weighted by molar-refractivity contribution is -0.136. The summed E-state index contributed by atoms with van der Waals surface area (Å²) in [7, 11) is -1.40. The fraction of sp³-hybridized carbons (Fsp3) is 0.417. The van der Waals surface area contributed by atoms with E-state index in [0.717, 1.165) is 5.56 Å². The van der Waals surface area contributed by atoms with Crippen LogP contribution in [-0.2, 0) is 15.6 Å². The first kappa shape index (κ1) is 13.7. The lowest BCUT2D eigenvalue weighted by Crippen LogP contribution is -2.25. The molecule has 17 heavy (non-hydrogen) atoms. The number of carboxylic acid groups (broad SMARTS) is 1. The third-order valence-corrected chi connectivity index (χ3v) is 3.88. The second-order valence-corrected chi connectivity index (χ2v) is 5.60. The summed E-state index contributed by atoms with van der Waals surface area (Å²) in [5.41, 5.74) is 1.14. The predicted molar refractivity (Wildman–Crippen MR) is 66.8 cm³/mol. The van der Waals surface area contributed by atoms with Gasteiger partial charge in [0.05, 0.1) is 12.4 Å². The summed E-state index contributed by atoms with van der Waals surface area (Å²) in [5.74, 6) is -0.115. The van der Waals surface area contributed by atoms with Gasteiger partial charge in [-0.3, -0.25) is 9.00 Å². The Labute approximate surface area is 103 Å². The number of hydrogen-bond acceptors (Lipinski definition) is 3. The van der Waals surface area contributed by atoms with Crippen molar-refractivity contribution in [2.24, 2.45) is 0 Å². The topological polar surface area (TPSA) is 63.6 Å². The minimum atomic E-state index is -1.40. The van der Waals surface area contributed by atoms with Crippen molar-refractivity contribution < 1.29 is 18.8 Å². The van der Waals surface area contributed by atoms with Crippen LogP contribution < -0.4 is 4.74 Å². The number of carboxylic acids is 1. The van der Waals surface area contributed by atoms with Crippen LogP contribution in [0.4, 0.5) is 0 Å². The average molecular weight is 256 g/mol. The molecule has 0 saturated heterocycles. The van der Waals surface area contributed by atoms with E-state index in [4.69, 9.17) is 9.84 Å². The Bertz CT molecular complexity index is 399. The molecule has 1 rings (SSSR count). The lowest BCUT2D eigenvalue weighted by atomic mass is 10.2. The monoisotopic (exact) mass is 256 g/mol. The van der Waals surface area contributed by atoms with E-state index in [1.165, 1.54) is 6.92 Å². The van der Waals surface area contributed by atoms with E-state index in [1.807, 2.05) is 31.2 Å². The van der Waals surface area contributed by atoms with Crippen molar-refractivity contribution in [3.8, 4) is 5.75 Å². The molecule has 0 radical (unpaired) electrons. The molecule has 0 aliphatic rings. The normalized spacial score (nSPS) is 14.0. The van der Waals surface area contributed by atoms with Gasteiger partial charge >= 0.3 is 5.97 Å². The van der Waals surface area contributed by atoms with Gasteiger partial charge in [-0.15, -0.1) is 0 Å².